The minimum atomic E-state index is 0.0867. The number of carbonyl (C=O) groups excluding carboxylic acids is 1. The average Bonchev–Trinajstić information content (AvgIpc) is 2.82. The van der Waals surface area contributed by atoms with Gasteiger partial charge in [-0.15, -0.1) is 0 Å². The van der Waals surface area contributed by atoms with Crippen molar-refractivity contribution in [2.45, 2.75) is 50.8 Å². The number of methoxy groups -OCH3 is 1. The zero-order valence-corrected chi connectivity index (χ0v) is 19.6. The van der Waals surface area contributed by atoms with Crippen molar-refractivity contribution >= 4 is 17.5 Å². The van der Waals surface area contributed by atoms with Crippen LogP contribution < -0.4 is 4.74 Å². The molecular weight excluding hydrogens is 424 g/mol. The molecule has 0 spiro atoms. The highest BCUT2D eigenvalue weighted by Gasteiger charge is 2.34. The molecule has 0 aromatic heterocycles. The van der Waals surface area contributed by atoms with Crippen LogP contribution in [0, 0.1) is 0 Å². The van der Waals surface area contributed by atoms with Gasteiger partial charge in [-0.1, -0.05) is 36.2 Å². The standard InChI is InChI=1S/C26H33ClN2O3/c1-31-25-9-5-15-29-24(25)8-2-3-14-28(19-20-10-12-22(27)13-11-20)16-17-32-23-7-4-6-21(18-23)26(29)30/h4,6-7,10-13,18,24-25H,2-3,5,8-9,14-17,19H2,1H3/t24-,25-/m0/s1. The van der Waals surface area contributed by atoms with E-state index < -0.39 is 0 Å². The van der Waals surface area contributed by atoms with Crippen LogP contribution in [0.4, 0.5) is 0 Å². The van der Waals surface area contributed by atoms with Crippen LogP contribution in [0.5, 0.6) is 5.75 Å². The summed E-state index contributed by atoms with van der Waals surface area (Å²) in [6, 6.07) is 15.8. The van der Waals surface area contributed by atoms with Crippen molar-refractivity contribution in [3.05, 3.63) is 64.7 Å². The fourth-order valence-corrected chi connectivity index (χ4v) is 5.00. The summed E-state index contributed by atoms with van der Waals surface area (Å²) in [5.41, 5.74) is 1.94. The minimum absolute atomic E-state index is 0.0867. The Kier molecular flexibility index (Phi) is 8.06. The van der Waals surface area contributed by atoms with E-state index in [0.29, 0.717) is 12.2 Å². The molecule has 172 valence electrons. The summed E-state index contributed by atoms with van der Waals surface area (Å²) < 4.78 is 11.8. The van der Waals surface area contributed by atoms with Gasteiger partial charge in [-0.05, 0) is 68.1 Å². The van der Waals surface area contributed by atoms with Crippen LogP contribution in [-0.2, 0) is 11.3 Å². The zero-order chi connectivity index (χ0) is 22.3. The van der Waals surface area contributed by atoms with Gasteiger partial charge in [0.2, 0.25) is 0 Å². The number of halogens is 1. The van der Waals surface area contributed by atoms with Crippen LogP contribution in [0.25, 0.3) is 0 Å². The molecule has 0 aliphatic carbocycles. The monoisotopic (exact) mass is 456 g/mol. The first-order valence-corrected chi connectivity index (χ1v) is 12.1. The van der Waals surface area contributed by atoms with E-state index in [4.69, 9.17) is 21.1 Å². The number of carbonyl (C=O) groups is 1. The van der Waals surface area contributed by atoms with E-state index in [2.05, 4.69) is 17.0 Å². The predicted octanol–water partition coefficient (Wildman–Crippen LogP) is 5.02. The maximum Gasteiger partial charge on any atom is 0.254 e. The summed E-state index contributed by atoms with van der Waals surface area (Å²) in [5, 5.41) is 0.761. The van der Waals surface area contributed by atoms with Crippen molar-refractivity contribution in [2.24, 2.45) is 0 Å². The molecule has 4 rings (SSSR count). The first-order valence-electron chi connectivity index (χ1n) is 11.7. The maximum atomic E-state index is 13.4. The molecule has 6 heteroatoms. The van der Waals surface area contributed by atoms with E-state index in [0.717, 1.165) is 69.1 Å². The van der Waals surface area contributed by atoms with E-state index >= 15 is 0 Å². The molecule has 0 saturated carbocycles. The number of nitrogens with zero attached hydrogens (tertiary/aromatic N) is 2. The van der Waals surface area contributed by atoms with Gasteiger partial charge in [0, 0.05) is 37.3 Å². The summed E-state index contributed by atoms with van der Waals surface area (Å²) >= 11 is 6.05. The zero-order valence-electron chi connectivity index (χ0n) is 18.8. The summed E-state index contributed by atoms with van der Waals surface area (Å²) in [5.74, 6) is 0.833. The van der Waals surface area contributed by atoms with Crippen molar-refractivity contribution in [2.75, 3.05) is 33.4 Å². The molecule has 1 fully saturated rings. The topological polar surface area (TPSA) is 42.0 Å². The molecule has 32 heavy (non-hydrogen) atoms. The van der Waals surface area contributed by atoms with Crippen LogP contribution in [0.1, 0.15) is 48.0 Å². The highest BCUT2D eigenvalue weighted by molar-refractivity contribution is 6.30. The molecule has 0 N–H and O–H groups in total. The Morgan fingerprint density at radius 3 is 2.69 bits per heavy atom. The van der Waals surface area contributed by atoms with E-state index in [-0.39, 0.29) is 18.1 Å². The minimum Gasteiger partial charge on any atom is -0.492 e. The van der Waals surface area contributed by atoms with Crippen LogP contribution in [0.3, 0.4) is 0 Å². The molecule has 2 heterocycles. The van der Waals surface area contributed by atoms with Crippen molar-refractivity contribution in [3.63, 3.8) is 0 Å². The van der Waals surface area contributed by atoms with Gasteiger partial charge in [0.05, 0.1) is 12.1 Å². The smallest absolute Gasteiger partial charge is 0.254 e. The number of hydrogen-bond donors (Lipinski definition) is 0. The van der Waals surface area contributed by atoms with Crippen molar-refractivity contribution in [1.29, 1.82) is 0 Å². The second-order valence-electron chi connectivity index (χ2n) is 8.76. The van der Waals surface area contributed by atoms with Gasteiger partial charge in [-0.3, -0.25) is 9.69 Å². The van der Waals surface area contributed by atoms with Gasteiger partial charge in [-0.25, -0.2) is 0 Å². The lowest BCUT2D eigenvalue weighted by Crippen LogP contribution is -2.51. The van der Waals surface area contributed by atoms with Gasteiger partial charge in [-0.2, -0.15) is 0 Å². The number of hydrogen-bond acceptors (Lipinski definition) is 4. The van der Waals surface area contributed by atoms with E-state index in [1.54, 1.807) is 7.11 Å². The molecule has 2 aliphatic rings. The first-order chi connectivity index (χ1) is 15.6. The number of benzene rings is 2. The highest BCUT2D eigenvalue weighted by Crippen LogP contribution is 2.27. The SMILES string of the molecule is CO[C@H]1CCCN2C(=O)c3cccc(c3)OCCN(Cc3ccc(Cl)cc3)CCCC[C@@H]12. The average molecular weight is 457 g/mol. The quantitative estimate of drug-likeness (QED) is 0.650. The molecule has 2 atom stereocenters. The lowest BCUT2D eigenvalue weighted by atomic mass is 9.93. The Morgan fingerprint density at radius 2 is 1.88 bits per heavy atom. The Balaban J connectivity index is 1.53. The maximum absolute atomic E-state index is 13.4. The fourth-order valence-electron chi connectivity index (χ4n) is 4.87. The van der Waals surface area contributed by atoms with Gasteiger partial charge in [0.15, 0.2) is 0 Å². The summed E-state index contributed by atoms with van der Waals surface area (Å²) in [6.07, 6.45) is 5.20. The molecule has 2 aliphatic heterocycles. The van der Waals surface area contributed by atoms with Crippen LogP contribution in [-0.4, -0.2) is 61.2 Å². The molecule has 0 unspecified atom stereocenters. The lowest BCUT2D eigenvalue weighted by Gasteiger charge is -2.41. The summed E-state index contributed by atoms with van der Waals surface area (Å²) in [4.78, 5) is 17.8. The van der Waals surface area contributed by atoms with Crippen molar-refractivity contribution in [1.82, 2.24) is 9.80 Å². The number of rotatable bonds is 3. The third-order valence-electron chi connectivity index (χ3n) is 6.58. The Labute approximate surface area is 196 Å². The second-order valence-corrected chi connectivity index (χ2v) is 9.19. The van der Waals surface area contributed by atoms with E-state index in [1.165, 1.54) is 5.56 Å². The molecule has 2 bridgehead atoms. The molecular formula is C26H33ClN2O3. The van der Waals surface area contributed by atoms with E-state index in [1.807, 2.05) is 41.3 Å². The molecule has 0 radical (unpaired) electrons. The summed E-state index contributed by atoms with van der Waals surface area (Å²) in [7, 11) is 1.77. The third kappa shape index (κ3) is 5.83. The van der Waals surface area contributed by atoms with Crippen LogP contribution in [0.2, 0.25) is 5.02 Å². The number of piperidine rings is 1. The second kappa shape index (κ2) is 11.2. The van der Waals surface area contributed by atoms with Crippen molar-refractivity contribution in [3.8, 4) is 5.75 Å². The lowest BCUT2D eigenvalue weighted by molar-refractivity contribution is -0.0156. The van der Waals surface area contributed by atoms with E-state index in [9.17, 15) is 4.79 Å². The number of fused-ring (bicyclic) bond motifs is 3. The van der Waals surface area contributed by atoms with Gasteiger partial charge < -0.3 is 14.4 Å². The fraction of sp³-hybridized carbons (Fsp3) is 0.500. The van der Waals surface area contributed by atoms with Gasteiger partial charge >= 0.3 is 0 Å². The number of ether oxygens (including phenoxy) is 2. The Morgan fingerprint density at radius 1 is 1.03 bits per heavy atom. The molecule has 5 nitrogen and oxygen atoms in total. The first kappa shape index (κ1) is 23.1. The normalized spacial score (nSPS) is 23.2. The third-order valence-corrected chi connectivity index (χ3v) is 6.83. The Bertz CT molecular complexity index is 889. The predicted molar refractivity (Wildman–Crippen MR) is 127 cm³/mol. The van der Waals surface area contributed by atoms with Crippen LogP contribution >= 0.6 is 11.6 Å². The highest BCUT2D eigenvalue weighted by atomic mass is 35.5. The summed E-state index contributed by atoms with van der Waals surface area (Å²) in [6.45, 7) is 4.07. The molecule has 2 aromatic rings. The molecule has 1 amide bonds. The molecule has 2 aromatic carbocycles. The van der Waals surface area contributed by atoms with Gasteiger partial charge in [0.25, 0.3) is 5.91 Å². The Hall–Kier alpha value is -2.08. The largest absolute Gasteiger partial charge is 0.492 e. The van der Waals surface area contributed by atoms with Crippen molar-refractivity contribution < 1.29 is 14.3 Å². The number of amides is 1. The molecule has 1 saturated heterocycles. The van der Waals surface area contributed by atoms with Crippen LogP contribution in [0.15, 0.2) is 48.5 Å². The van der Waals surface area contributed by atoms with Gasteiger partial charge in [0.1, 0.15) is 12.4 Å².